The number of unbranched alkanes of at least 4 members (excludes halogenated alkanes) is 1. The number of benzene rings is 1. The Balaban J connectivity index is 1.45. The van der Waals surface area contributed by atoms with Crippen LogP contribution in [0.1, 0.15) is 246 Å². The highest BCUT2D eigenvalue weighted by atomic mass is 19.4. The Morgan fingerprint density at radius 2 is 1.12 bits per heavy atom. The zero-order valence-corrected chi connectivity index (χ0v) is 62.0. The number of aromatic amines is 2. The van der Waals surface area contributed by atoms with Gasteiger partial charge in [-0.2, -0.15) is 26.3 Å². The number of carbonyl (C=O) groups is 7. The Bertz CT molecular complexity index is 3870. The molecule has 1 aromatic carbocycles. The van der Waals surface area contributed by atoms with Crippen LogP contribution in [0.2, 0.25) is 0 Å². The molecule has 0 saturated heterocycles. The molecule has 1 unspecified atom stereocenters. The summed E-state index contributed by atoms with van der Waals surface area (Å²) in [4.78, 5) is 124. The standard InChI is InChI=1S/C74H98F6N8O14/c1-20-22-25-98-45(7)62-43(5)53-29-52-42(4)50(23-24-57(89)85(33-58(90)86(35-60(92)101-71(14,15)16)36-61(93)102-72(17,18)19)34-59(91)87(37-96-39-99-69(8,9)10)38-97-40-100-70(11,12)13)65(83-52)64-66-63(44(6)54(84-66)30-55-49(21-2)41(3)51(81-55)31-56(62)82-53)67(94)88(68(64)95)32-46-26-47(73(75,76)77)28-48(27-46)74(78,79)80/h26-31,42,45,50,83-84H,20-25,32-40H2,1-19H3/t42-,45?,50-/m0/s1. The molecule has 0 saturated carbocycles. The molecule has 0 aliphatic carbocycles. The Morgan fingerprint density at radius 3 is 1.63 bits per heavy atom. The number of hydrogen-bond donors (Lipinski definition) is 2. The molecule has 2 N–H and O–H groups in total. The number of esters is 2. The van der Waals surface area contributed by atoms with Gasteiger partial charge in [-0.1, -0.05) is 27.2 Å². The summed E-state index contributed by atoms with van der Waals surface area (Å²) in [5.41, 5.74) is -1.62. The lowest BCUT2D eigenvalue weighted by atomic mass is 9.84. The van der Waals surface area contributed by atoms with Crippen molar-refractivity contribution in [2.45, 2.75) is 223 Å². The number of imide groups is 1. The molecular formula is C74H98F6N8O14. The molecular weight excluding hydrogens is 1340 g/mol. The molecule has 28 heteroatoms. The van der Waals surface area contributed by atoms with Gasteiger partial charge in [-0.15, -0.1) is 0 Å². The molecule has 3 aromatic rings. The molecule has 560 valence electrons. The van der Waals surface area contributed by atoms with Crippen LogP contribution in [0.15, 0.2) is 36.4 Å². The molecule has 8 bridgehead atoms. The van der Waals surface area contributed by atoms with Gasteiger partial charge in [-0.05, 0) is 194 Å². The largest absolute Gasteiger partial charge is 0.459 e. The predicted molar refractivity (Wildman–Crippen MR) is 369 cm³/mol. The molecule has 5 amide bonds. The van der Waals surface area contributed by atoms with Crippen LogP contribution in [-0.2, 0) is 76.0 Å². The first-order valence-electron chi connectivity index (χ1n) is 34.1. The fraction of sp³-hybridized carbons (Fsp3) is 0.581. The van der Waals surface area contributed by atoms with Gasteiger partial charge in [0.2, 0.25) is 17.7 Å². The van der Waals surface area contributed by atoms with E-state index in [1.54, 1.807) is 109 Å². The van der Waals surface area contributed by atoms with Gasteiger partial charge >= 0.3 is 24.3 Å². The second-order valence-corrected chi connectivity index (χ2v) is 29.9. The van der Waals surface area contributed by atoms with Crippen LogP contribution in [0.4, 0.5) is 26.3 Å². The molecule has 4 aliphatic heterocycles. The van der Waals surface area contributed by atoms with Crippen molar-refractivity contribution in [2.75, 3.05) is 59.8 Å². The summed E-state index contributed by atoms with van der Waals surface area (Å²) in [6.45, 7) is 27.9. The van der Waals surface area contributed by atoms with Crippen molar-refractivity contribution in [1.82, 2.24) is 39.5 Å². The maximum absolute atomic E-state index is 15.9. The van der Waals surface area contributed by atoms with Crippen molar-refractivity contribution in [3.8, 4) is 0 Å². The Morgan fingerprint density at radius 1 is 0.608 bits per heavy atom. The van der Waals surface area contributed by atoms with Gasteiger partial charge < -0.3 is 52.9 Å². The Hall–Kier alpha value is -8.05. The van der Waals surface area contributed by atoms with Crippen molar-refractivity contribution in [3.05, 3.63) is 104 Å². The van der Waals surface area contributed by atoms with Crippen molar-refractivity contribution < 1.29 is 93.1 Å². The average Bonchev–Trinajstić information content (AvgIpc) is 1.54. The fourth-order valence-corrected chi connectivity index (χ4v) is 12.0. The molecule has 22 nitrogen and oxygen atoms in total. The zero-order valence-electron chi connectivity index (χ0n) is 62.0. The number of aryl methyl sites for hydroxylation is 1. The Kier molecular flexibility index (Phi) is 25.7. The highest BCUT2D eigenvalue weighted by Crippen LogP contribution is 2.46. The minimum Gasteiger partial charge on any atom is -0.459 e. The van der Waals surface area contributed by atoms with E-state index >= 15 is 14.4 Å². The smallest absolute Gasteiger partial charge is 0.416 e. The fourth-order valence-electron chi connectivity index (χ4n) is 12.0. The van der Waals surface area contributed by atoms with E-state index in [1.165, 1.54) is 0 Å². The first-order valence-corrected chi connectivity index (χ1v) is 34.1. The quantitative estimate of drug-likeness (QED) is 0.0236. The lowest BCUT2D eigenvalue weighted by Crippen LogP contribution is -2.51. The topological polar surface area (TPSA) is 254 Å². The van der Waals surface area contributed by atoms with Crippen LogP contribution in [0.3, 0.4) is 0 Å². The van der Waals surface area contributed by atoms with Gasteiger partial charge in [-0.3, -0.25) is 43.4 Å². The first kappa shape index (κ1) is 81.3. The average molecular weight is 1440 g/mol. The van der Waals surface area contributed by atoms with E-state index in [4.69, 9.17) is 43.1 Å². The van der Waals surface area contributed by atoms with Gasteiger partial charge in [-0.25, -0.2) is 9.97 Å². The molecule has 0 radical (unpaired) electrons. The molecule has 7 rings (SSSR count). The van der Waals surface area contributed by atoms with E-state index in [0.717, 1.165) is 49.8 Å². The summed E-state index contributed by atoms with van der Waals surface area (Å²) in [7, 11) is 0. The van der Waals surface area contributed by atoms with Crippen LogP contribution in [0.5, 0.6) is 0 Å². The van der Waals surface area contributed by atoms with E-state index < -0.39 is 163 Å². The number of amides is 5. The maximum atomic E-state index is 15.9. The van der Waals surface area contributed by atoms with E-state index in [2.05, 4.69) is 9.97 Å². The number of aromatic nitrogens is 4. The van der Waals surface area contributed by atoms with E-state index in [0.29, 0.717) is 58.5 Å². The normalized spacial score (nSPS) is 16.0. The van der Waals surface area contributed by atoms with E-state index in [1.807, 2.05) is 40.7 Å². The number of ether oxygens (including phenoxy) is 7. The highest BCUT2D eigenvalue weighted by Gasteiger charge is 2.44. The van der Waals surface area contributed by atoms with Gasteiger partial charge in [0.1, 0.15) is 64.4 Å². The lowest BCUT2D eigenvalue weighted by molar-refractivity contribution is -0.183. The summed E-state index contributed by atoms with van der Waals surface area (Å²) >= 11 is 0. The minimum absolute atomic E-state index is 0.0541. The number of rotatable bonds is 27. The number of fused-ring (bicyclic) bond motifs is 8. The summed E-state index contributed by atoms with van der Waals surface area (Å²) in [5, 5.41) is 0. The van der Waals surface area contributed by atoms with Gasteiger partial charge in [0.25, 0.3) is 11.8 Å². The van der Waals surface area contributed by atoms with Crippen LogP contribution < -0.4 is 0 Å². The molecule has 3 atom stereocenters. The lowest BCUT2D eigenvalue weighted by Gasteiger charge is -2.31. The monoisotopic (exact) mass is 1440 g/mol. The number of halogens is 6. The second kappa shape index (κ2) is 32.3. The van der Waals surface area contributed by atoms with Gasteiger partial charge in [0, 0.05) is 47.3 Å². The van der Waals surface area contributed by atoms with Crippen molar-refractivity contribution >= 4 is 74.8 Å². The zero-order chi connectivity index (χ0) is 76.1. The van der Waals surface area contributed by atoms with Gasteiger partial charge in [0.15, 0.2) is 0 Å². The second-order valence-electron chi connectivity index (χ2n) is 29.9. The number of carbonyl (C=O) groups excluding carboxylic acids is 7. The van der Waals surface area contributed by atoms with Crippen LogP contribution in [0.25, 0.3) is 33.3 Å². The predicted octanol–water partition coefficient (Wildman–Crippen LogP) is 14.0. The van der Waals surface area contributed by atoms with E-state index in [9.17, 15) is 45.5 Å². The Labute approximate surface area is 591 Å². The molecule has 2 aromatic heterocycles. The summed E-state index contributed by atoms with van der Waals surface area (Å²) < 4.78 is 128. The first-order chi connectivity index (χ1) is 47.2. The number of H-pyrrole nitrogens is 2. The third-order valence-corrected chi connectivity index (χ3v) is 17.1. The molecule has 6 heterocycles. The van der Waals surface area contributed by atoms with E-state index in [-0.39, 0.29) is 59.5 Å². The number of nitrogens with zero attached hydrogens (tertiary/aromatic N) is 6. The molecule has 4 aliphatic rings. The summed E-state index contributed by atoms with van der Waals surface area (Å²) in [5.74, 6) is -8.40. The number of hydrogen-bond acceptors (Lipinski definition) is 16. The highest BCUT2D eigenvalue weighted by molar-refractivity contribution is 6.23. The SMILES string of the molecule is CCCCOC(C)C1=C(C)c2cc3[nH]c(c4c5[nH]c(cc6nc(cc1n2)C(C)=C6CC)c(C)c5C(=O)N(Cc1cc(C(F)(F)F)cc(C(F)(F)F)c1)C4=O)[C@@H](CCC(=O)N(CC(=O)N(COCOC(C)(C)C)COCOC(C)(C)C)CC(=O)N(CC(=O)OC(C)(C)C)CC(=O)OC(C)(C)C)[C@@H]3C. The van der Waals surface area contributed by atoms with Crippen molar-refractivity contribution in [3.63, 3.8) is 0 Å². The van der Waals surface area contributed by atoms with Crippen LogP contribution in [0, 0.1) is 6.92 Å². The molecule has 0 spiro atoms. The van der Waals surface area contributed by atoms with Crippen molar-refractivity contribution in [2.24, 2.45) is 0 Å². The number of alkyl halides is 6. The third-order valence-electron chi connectivity index (χ3n) is 17.1. The minimum atomic E-state index is -5.29. The maximum Gasteiger partial charge on any atom is 0.416 e. The number of allylic oxidation sites excluding steroid dienone is 3. The molecule has 0 fully saturated rings. The summed E-state index contributed by atoms with van der Waals surface area (Å²) in [6, 6.07) is 6.19. The van der Waals surface area contributed by atoms with Crippen molar-refractivity contribution in [1.29, 1.82) is 0 Å². The third kappa shape index (κ3) is 21.1. The van der Waals surface area contributed by atoms with Crippen LogP contribution in [-0.4, -0.2) is 169 Å². The number of nitrogens with one attached hydrogen (secondary N) is 2. The summed E-state index contributed by atoms with van der Waals surface area (Å²) in [6.07, 6.45) is -9.67. The van der Waals surface area contributed by atoms with Gasteiger partial charge in [0.05, 0.1) is 74.4 Å². The molecule has 102 heavy (non-hydrogen) atoms. The van der Waals surface area contributed by atoms with Crippen LogP contribution >= 0.6 is 0 Å².